The van der Waals surface area contributed by atoms with E-state index in [1.807, 2.05) is 13.8 Å². The molecule has 0 spiro atoms. The highest BCUT2D eigenvalue weighted by Gasteiger charge is 2.65. The highest BCUT2D eigenvalue weighted by molar-refractivity contribution is 7.91. The minimum Gasteiger partial charge on any atom is -0.497 e. The smallest absolute Gasteiger partial charge is 0.302 e. The van der Waals surface area contributed by atoms with Crippen LogP contribution < -0.4 is 4.74 Å². The zero-order valence-electron chi connectivity index (χ0n) is 17.0. The number of carbonyl (C=O) groups is 1. The molecule has 0 aromatic heterocycles. The molecular formula is C21H30O6S. The molecule has 0 saturated heterocycles. The first-order chi connectivity index (χ1) is 13.0. The van der Waals surface area contributed by atoms with Crippen LogP contribution in [-0.4, -0.2) is 44.1 Å². The second-order valence-electron chi connectivity index (χ2n) is 8.66. The van der Waals surface area contributed by atoms with E-state index in [0.29, 0.717) is 37.0 Å². The lowest BCUT2D eigenvalue weighted by Gasteiger charge is -2.53. The second kappa shape index (κ2) is 7.34. The third-order valence-corrected chi connectivity index (χ3v) is 9.42. The lowest BCUT2D eigenvalue weighted by Crippen LogP contribution is -2.59. The van der Waals surface area contributed by atoms with Crippen LogP contribution in [0.25, 0.3) is 0 Å². The quantitative estimate of drug-likeness (QED) is 0.751. The molecule has 0 heterocycles. The summed E-state index contributed by atoms with van der Waals surface area (Å²) in [5.74, 6) is 0.0941. The van der Waals surface area contributed by atoms with E-state index in [4.69, 9.17) is 9.47 Å². The Morgan fingerprint density at radius 1 is 1.21 bits per heavy atom. The summed E-state index contributed by atoms with van der Waals surface area (Å²) in [6, 6.07) is 7.00. The maximum absolute atomic E-state index is 13.5. The maximum atomic E-state index is 13.5. The van der Waals surface area contributed by atoms with Crippen molar-refractivity contribution in [2.75, 3.05) is 7.11 Å². The van der Waals surface area contributed by atoms with Crippen LogP contribution in [0.3, 0.4) is 0 Å². The fraction of sp³-hybridized carbons (Fsp3) is 0.667. The van der Waals surface area contributed by atoms with E-state index in [0.717, 1.165) is 0 Å². The molecule has 5 atom stereocenters. The van der Waals surface area contributed by atoms with Crippen molar-refractivity contribution in [1.82, 2.24) is 0 Å². The van der Waals surface area contributed by atoms with Gasteiger partial charge in [-0.2, -0.15) is 0 Å². The van der Waals surface area contributed by atoms with Crippen molar-refractivity contribution in [2.45, 2.75) is 69.7 Å². The number of carbonyl (C=O) groups excluding carboxylic acids is 1. The number of ether oxygens (including phenoxy) is 2. The molecule has 0 bridgehead atoms. The fourth-order valence-electron chi connectivity index (χ4n) is 5.45. The van der Waals surface area contributed by atoms with E-state index in [1.54, 1.807) is 31.4 Å². The van der Waals surface area contributed by atoms with Crippen molar-refractivity contribution < 1.29 is 27.8 Å². The average Bonchev–Trinajstić information content (AvgIpc) is 2.85. The summed E-state index contributed by atoms with van der Waals surface area (Å²) in [4.78, 5) is 11.6. The van der Waals surface area contributed by atoms with Gasteiger partial charge in [-0.15, -0.1) is 0 Å². The number of esters is 1. The van der Waals surface area contributed by atoms with Crippen LogP contribution in [0.15, 0.2) is 24.3 Å². The van der Waals surface area contributed by atoms with Gasteiger partial charge in [0.05, 0.1) is 24.2 Å². The van der Waals surface area contributed by atoms with E-state index >= 15 is 0 Å². The lowest BCUT2D eigenvalue weighted by molar-refractivity contribution is -0.157. The third-order valence-electron chi connectivity index (χ3n) is 7.08. The van der Waals surface area contributed by atoms with Crippen LogP contribution >= 0.6 is 0 Å². The summed E-state index contributed by atoms with van der Waals surface area (Å²) in [6.45, 7) is 5.33. The first kappa shape index (κ1) is 21.1. The number of aliphatic hydroxyl groups is 1. The molecule has 2 aliphatic rings. The van der Waals surface area contributed by atoms with Gasteiger partial charge in [0.2, 0.25) is 0 Å². The van der Waals surface area contributed by atoms with Crippen molar-refractivity contribution in [3.63, 3.8) is 0 Å². The molecule has 0 radical (unpaired) electrons. The average molecular weight is 411 g/mol. The number of fused-ring (bicyclic) bond motifs is 1. The Labute approximate surface area is 167 Å². The van der Waals surface area contributed by atoms with Crippen LogP contribution in [0.5, 0.6) is 5.75 Å². The molecule has 0 aliphatic heterocycles. The molecule has 1 N–H and O–H groups in total. The molecule has 3 rings (SSSR count). The standard InChI is InChI=1S/C21H30O6S/c1-14(22)27-18-9-11-21(3)19(17(23)8-10-20(18,21)2)28(24,25)13-15-6-5-7-16(12-15)26-4/h5-7,12,17-19,23H,8-11,13H2,1-4H3/t17-,18+,19-,20+,21-/m0/s1. The van der Waals surface area contributed by atoms with E-state index in [9.17, 15) is 18.3 Å². The lowest BCUT2D eigenvalue weighted by atomic mass is 9.58. The molecule has 2 aliphatic carbocycles. The summed E-state index contributed by atoms with van der Waals surface area (Å²) >= 11 is 0. The van der Waals surface area contributed by atoms with Crippen LogP contribution in [0.4, 0.5) is 0 Å². The molecule has 0 unspecified atom stereocenters. The van der Waals surface area contributed by atoms with Crippen molar-refractivity contribution in [2.24, 2.45) is 10.8 Å². The van der Waals surface area contributed by atoms with E-state index in [2.05, 4.69) is 0 Å². The van der Waals surface area contributed by atoms with E-state index < -0.39 is 32.0 Å². The van der Waals surface area contributed by atoms with Gasteiger partial charge in [0.15, 0.2) is 9.84 Å². The molecule has 156 valence electrons. The number of sulfone groups is 1. The first-order valence-corrected chi connectivity index (χ1v) is 11.4. The highest BCUT2D eigenvalue weighted by atomic mass is 32.2. The monoisotopic (exact) mass is 410 g/mol. The molecule has 1 aromatic carbocycles. The van der Waals surface area contributed by atoms with Gasteiger partial charge in [-0.05, 0) is 48.8 Å². The number of benzene rings is 1. The van der Waals surface area contributed by atoms with Gasteiger partial charge in [0.1, 0.15) is 11.9 Å². The third kappa shape index (κ3) is 3.43. The van der Waals surface area contributed by atoms with Crippen LogP contribution in [-0.2, 0) is 25.1 Å². The zero-order valence-corrected chi connectivity index (χ0v) is 17.8. The predicted molar refractivity (Wildman–Crippen MR) is 106 cm³/mol. The molecule has 7 heteroatoms. The maximum Gasteiger partial charge on any atom is 0.302 e. The summed E-state index contributed by atoms with van der Waals surface area (Å²) in [7, 11) is -2.12. The number of rotatable bonds is 5. The number of hydrogen-bond donors (Lipinski definition) is 1. The van der Waals surface area contributed by atoms with Crippen molar-refractivity contribution in [3.8, 4) is 5.75 Å². The van der Waals surface area contributed by atoms with Gasteiger partial charge in [-0.1, -0.05) is 26.0 Å². The Bertz CT molecular complexity index is 850. The minimum absolute atomic E-state index is 0.157. The summed E-state index contributed by atoms with van der Waals surface area (Å²) in [5.41, 5.74) is -0.510. The van der Waals surface area contributed by atoms with Crippen molar-refractivity contribution in [1.29, 1.82) is 0 Å². The molecule has 6 nitrogen and oxygen atoms in total. The van der Waals surface area contributed by atoms with Gasteiger partial charge < -0.3 is 14.6 Å². The van der Waals surface area contributed by atoms with E-state index in [1.165, 1.54) is 6.92 Å². The zero-order chi connectivity index (χ0) is 20.7. The van der Waals surface area contributed by atoms with Gasteiger partial charge in [0.25, 0.3) is 0 Å². The minimum atomic E-state index is -3.66. The number of methoxy groups -OCH3 is 1. The molecular weight excluding hydrogens is 380 g/mol. The SMILES string of the molecule is COc1cccc(CS(=O)(=O)[C@H]2[C@@H](O)CC[C@]3(C)[C@H](OC(C)=O)CC[C@@]23C)c1. The molecule has 28 heavy (non-hydrogen) atoms. The highest BCUT2D eigenvalue weighted by Crippen LogP contribution is 2.63. The van der Waals surface area contributed by atoms with Gasteiger partial charge in [-0.25, -0.2) is 8.42 Å². The molecule has 2 fully saturated rings. The largest absolute Gasteiger partial charge is 0.497 e. The number of aliphatic hydroxyl groups excluding tert-OH is 1. The summed E-state index contributed by atoms with van der Waals surface area (Å²) < 4.78 is 37.7. The van der Waals surface area contributed by atoms with Crippen LogP contribution in [0, 0.1) is 10.8 Å². The summed E-state index contributed by atoms with van der Waals surface area (Å²) in [6.07, 6.45) is 0.978. The van der Waals surface area contributed by atoms with Crippen molar-refractivity contribution >= 4 is 15.8 Å². The van der Waals surface area contributed by atoms with Crippen LogP contribution in [0.2, 0.25) is 0 Å². The molecule has 1 aromatic rings. The second-order valence-corrected chi connectivity index (χ2v) is 10.8. The topological polar surface area (TPSA) is 89.9 Å². The Kier molecular flexibility index (Phi) is 5.53. The summed E-state index contributed by atoms with van der Waals surface area (Å²) in [5, 5.41) is 9.87. The fourth-order valence-corrected chi connectivity index (χ4v) is 8.07. The van der Waals surface area contributed by atoms with Gasteiger partial charge >= 0.3 is 5.97 Å². The first-order valence-electron chi connectivity index (χ1n) is 9.73. The Morgan fingerprint density at radius 3 is 2.54 bits per heavy atom. The molecule has 2 saturated carbocycles. The van der Waals surface area contributed by atoms with Gasteiger partial charge in [0, 0.05) is 12.3 Å². The van der Waals surface area contributed by atoms with Crippen LogP contribution in [0.1, 0.15) is 52.0 Å². The Balaban J connectivity index is 1.95. The molecule has 0 amide bonds. The normalized spacial score (nSPS) is 35.2. The number of hydrogen-bond acceptors (Lipinski definition) is 6. The van der Waals surface area contributed by atoms with E-state index in [-0.39, 0.29) is 17.8 Å². The predicted octanol–water partition coefficient (Wildman–Crippen LogP) is 2.87. The Morgan fingerprint density at radius 2 is 1.89 bits per heavy atom. The van der Waals surface area contributed by atoms with Gasteiger partial charge in [-0.3, -0.25) is 4.79 Å². The Hall–Kier alpha value is -1.60. The van der Waals surface area contributed by atoms with Crippen molar-refractivity contribution in [3.05, 3.63) is 29.8 Å².